The molecule has 3 rings (SSSR count). The number of carbonyl (C=O) groups excluding carboxylic acids is 2. The molecule has 9 heteroatoms. The summed E-state index contributed by atoms with van der Waals surface area (Å²) < 4.78 is 6.56. The lowest BCUT2D eigenvalue weighted by atomic mass is 10.1. The van der Waals surface area contributed by atoms with Crippen molar-refractivity contribution in [3.05, 3.63) is 59.2 Å². The number of nitrogens with zero attached hydrogens (tertiary/aromatic N) is 3. The van der Waals surface area contributed by atoms with Gasteiger partial charge in [-0.15, -0.1) is 0 Å². The summed E-state index contributed by atoms with van der Waals surface area (Å²) in [5.74, 6) is 5.25. The molecule has 2 aromatic rings. The molecule has 1 unspecified atom stereocenters. The average Bonchev–Trinajstić information content (AvgIpc) is 3.38. The molecule has 0 radical (unpaired) electrons. The highest BCUT2D eigenvalue weighted by Crippen LogP contribution is 2.51. The van der Waals surface area contributed by atoms with Crippen molar-refractivity contribution in [2.45, 2.75) is 12.3 Å². The fraction of sp³-hybridized carbons (Fsp3) is 0.316. The van der Waals surface area contributed by atoms with Crippen LogP contribution in [0.4, 0.5) is 0 Å². The van der Waals surface area contributed by atoms with E-state index >= 15 is 0 Å². The van der Waals surface area contributed by atoms with E-state index in [1.54, 1.807) is 36.1 Å². The molecule has 1 saturated carbocycles. The number of aliphatic hydroxyl groups excluding tert-OH is 1. The van der Waals surface area contributed by atoms with Crippen molar-refractivity contribution >= 4 is 12.3 Å². The second-order valence-corrected chi connectivity index (χ2v) is 6.30. The molecule has 5 N–H and O–H groups in total. The van der Waals surface area contributed by atoms with Gasteiger partial charge in [0.15, 0.2) is 0 Å². The summed E-state index contributed by atoms with van der Waals surface area (Å²) in [4.78, 5) is 23.3. The number of hydrogen-bond donors (Lipinski definition) is 3. The van der Waals surface area contributed by atoms with Crippen molar-refractivity contribution < 1.29 is 19.4 Å². The SMILES string of the molecule is CO.COC(=O)c1cnn(-c2cccc(C=O)c2)c1[C@@H]1CC1/C(N)=C/N(C)N. The molecule has 1 heterocycles. The number of carbonyl (C=O) groups is 2. The lowest BCUT2D eigenvalue weighted by Crippen LogP contribution is -2.21. The standard InChI is InChI=1S/C18H21N5O3.CH4O/c1-22(20)9-16(19)13-7-14(13)17-15(18(25)26-2)8-21-23(17)12-5-3-4-11(6-12)10-24;1-2/h3-6,8-10,13-14H,7,19-20H2,1-2H3;2H,1H3/b16-9-;/t13?,14-;/m1./s1. The van der Waals surface area contributed by atoms with Gasteiger partial charge in [0.25, 0.3) is 0 Å². The number of ether oxygens (including phenoxy) is 1. The molecule has 1 aromatic heterocycles. The van der Waals surface area contributed by atoms with Gasteiger partial charge in [-0.2, -0.15) is 5.10 Å². The Balaban J connectivity index is 0.00000136. The number of aliphatic hydroxyl groups is 1. The minimum absolute atomic E-state index is 0.0164. The van der Waals surface area contributed by atoms with E-state index in [0.717, 1.165) is 25.5 Å². The summed E-state index contributed by atoms with van der Waals surface area (Å²) in [5, 5.41) is 12.8. The first kappa shape index (κ1) is 21.1. The summed E-state index contributed by atoms with van der Waals surface area (Å²) in [6.45, 7) is 0. The van der Waals surface area contributed by atoms with Gasteiger partial charge in [-0.3, -0.25) is 4.79 Å². The summed E-state index contributed by atoms with van der Waals surface area (Å²) in [6.07, 6.45) is 4.69. The Hall–Kier alpha value is -3.17. The first-order valence-electron chi connectivity index (χ1n) is 8.57. The monoisotopic (exact) mass is 387 g/mol. The van der Waals surface area contributed by atoms with Gasteiger partial charge in [-0.1, -0.05) is 12.1 Å². The number of aromatic nitrogens is 2. The number of aldehydes is 1. The molecule has 2 atom stereocenters. The first-order valence-corrected chi connectivity index (χ1v) is 8.57. The Morgan fingerprint density at radius 1 is 1.43 bits per heavy atom. The number of hydrogen-bond acceptors (Lipinski definition) is 8. The minimum Gasteiger partial charge on any atom is -0.465 e. The van der Waals surface area contributed by atoms with E-state index in [0.29, 0.717) is 22.5 Å². The van der Waals surface area contributed by atoms with E-state index in [4.69, 9.17) is 21.4 Å². The molecule has 0 amide bonds. The van der Waals surface area contributed by atoms with Crippen molar-refractivity contribution in [3.8, 4) is 5.69 Å². The molecule has 9 nitrogen and oxygen atoms in total. The van der Waals surface area contributed by atoms with Gasteiger partial charge in [0, 0.05) is 43.5 Å². The average molecular weight is 387 g/mol. The normalized spacial score (nSPS) is 18.0. The Labute approximate surface area is 163 Å². The van der Waals surface area contributed by atoms with Gasteiger partial charge >= 0.3 is 5.97 Å². The maximum atomic E-state index is 12.2. The lowest BCUT2D eigenvalue weighted by Gasteiger charge is -2.11. The first-order chi connectivity index (χ1) is 13.5. The highest BCUT2D eigenvalue weighted by atomic mass is 16.5. The number of esters is 1. The van der Waals surface area contributed by atoms with Crippen LogP contribution in [-0.2, 0) is 4.74 Å². The summed E-state index contributed by atoms with van der Waals surface area (Å²) in [7, 11) is 4.03. The third kappa shape index (κ3) is 4.38. The maximum Gasteiger partial charge on any atom is 0.341 e. The second kappa shape index (κ2) is 9.16. The van der Waals surface area contributed by atoms with Gasteiger partial charge < -0.3 is 20.6 Å². The van der Waals surface area contributed by atoms with Crippen molar-refractivity contribution in [3.63, 3.8) is 0 Å². The van der Waals surface area contributed by atoms with Crippen molar-refractivity contribution in [1.82, 2.24) is 14.8 Å². The van der Waals surface area contributed by atoms with Crippen LogP contribution in [0.5, 0.6) is 0 Å². The zero-order valence-corrected chi connectivity index (χ0v) is 16.1. The predicted octanol–water partition coefficient (Wildman–Crippen LogP) is 0.789. The zero-order valence-electron chi connectivity index (χ0n) is 16.1. The third-order valence-electron chi connectivity index (χ3n) is 4.39. The Kier molecular flexibility index (Phi) is 6.91. The summed E-state index contributed by atoms with van der Waals surface area (Å²) >= 11 is 0. The van der Waals surface area contributed by atoms with E-state index in [1.807, 2.05) is 6.07 Å². The van der Waals surface area contributed by atoms with Gasteiger partial charge in [0.2, 0.25) is 0 Å². The summed E-state index contributed by atoms with van der Waals surface area (Å²) in [6, 6.07) is 7.02. The molecule has 1 fully saturated rings. The topological polar surface area (TPSA) is 137 Å². The van der Waals surface area contributed by atoms with E-state index in [9.17, 15) is 9.59 Å². The van der Waals surface area contributed by atoms with Gasteiger partial charge in [0.1, 0.15) is 11.8 Å². The summed E-state index contributed by atoms with van der Waals surface area (Å²) in [5.41, 5.74) is 9.10. The number of rotatable bonds is 6. The molecule has 1 aliphatic carbocycles. The number of hydrazine groups is 1. The van der Waals surface area contributed by atoms with Crippen LogP contribution in [0.1, 0.15) is 38.7 Å². The molecule has 0 bridgehead atoms. The Bertz CT molecular complexity index is 875. The van der Waals surface area contributed by atoms with Crippen LogP contribution in [0.25, 0.3) is 5.69 Å². The Morgan fingerprint density at radius 3 is 2.75 bits per heavy atom. The van der Waals surface area contributed by atoms with Crippen LogP contribution in [0, 0.1) is 5.92 Å². The maximum absolute atomic E-state index is 12.2. The van der Waals surface area contributed by atoms with Crippen molar-refractivity contribution in [2.24, 2.45) is 17.5 Å². The third-order valence-corrected chi connectivity index (χ3v) is 4.39. The molecule has 28 heavy (non-hydrogen) atoms. The van der Waals surface area contributed by atoms with E-state index < -0.39 is 5.97 Å². The number of allylic oxidation sites excluding steroid dienone is 1. The predicted molar refractivity (Wildman–Crippen MR) is 104 cm³/mol. The minimum atomic E-state index is -0.457. The van der Waals surface area contributed by atoms with Crippen LogP contribution in [0.2, 0.25) is 0 Å². The lowest BCUT2D eigenvalue weighted by molar-refractivity contribution is 0.0599. The van der Waals surface area contributed by atoms with E-state index in [1.165, 1.54) is 18.3 Å². The van der Waals surface area contributed by atoms with Crippen LogP contribution >= 0.6 is 0 Å². The van der Waals surface area contributed by atoms with Gasteiger partial charge in [-0.05, 0) is 18.6 Å². The van der Waals surface area contributed by atoms with Crippen molar-refractivity contribution in [1.29, 1.82) is 0 Å². The van der Waals surface area contributed by atoms with Gasteiger partial charge in [-0.25, -0.2) is 15.3 Å². The smallest absolute Gasteiger partial charge is 0.341 e. The highest BCUT2D eigenvalue weighted by molar-refractivity contribution is 5.91. The van der Waals surface area contributed by atoms with E-state index in [2.05, 4.69) is 5.10 Å². The second-order valence-electron chi connectivity index (χ2n) is 6.30. The molecule has 0 aliphatic heterocycles. The molecule has 150 valence electrons. The number of nitrogens with two attached hydrogens (primary N) is 2. The van der Waals surface area contributed by atoms with Crippen LogP contribution in [0.3, 0.4) is 0 Å². The van der Waals surface area contributed by atoms with Crippen molar-refractivity contribution in [2.75, 3.05) is 21.3 Å². The molecule has 0 saturated heterocycles. The molecular weight excluding hydrogens is 362 g/mol. The van der Waals surface area contributed by atoms with E-state index in [-0.39, 0.29) is 11.8 Å². The number of benzene rings is 1. The number of methoxy groups -OCH3 is 1. The molecule has 0 spiro atoms. The van der Waals surface area contributed by atoms with Crippen LogP contribution in [0.15, 0.2) is 42.4 Å². The van der Waals surface area contributed by atoms with Crippen LogP contribution < -0.4 is 11.6 Å². The zero-order chi connectivity index (χ0) is 20.8. The molecule has 1 aliphatic rings. The van der Waals surface area contributed by atoms with Gasteiger partial charge in [0.05, 0.1) is 24.7 Å². The Morgan fingerprint density at radius 2 is 2.14 bits per heavy atom. The van der Waals surface area contributed by atoms with Crippen LogP contribution in [-0.4, -0.2) is 53.4 Å². The fourth-order valence-corrected chi connectivity index (χ4v) is 3.11. The quantitative estimate of drug-likeness (QED) is 0.286. The highest BCUT2D eigenvalue weighted by Gasteiger charge is 2.45. The molecular formula is C19H25N5O4. The molecule has 1 aromatic carbocycles. The fourth-order valence-electron chi connectivity index (χ4n) is 3.11. The largest absolute Gasteiger partial charge is 0.465 e.